The number of hydrogen-bond donors (Lipinski definition) is 2. The van der Waals surface area contributed by atoms with E-state index < -0.39 is 16.0 Å². The van der Waals surface area contributed by atoms with Gasteiger partial charge in [0.15, 0.2) is 0 Å². The minimum Gasteiger partial charge on any atom is -0.481 e. The molecule has 1 aliphatic carbocycles. The number of rotatable bonds is 8. The Hall–Kier alpha value is -2.92. The summed E-state index contributed by atoms with van der Waals surface area (Å²) in [6.07, 6.45) is 3.03. The number of hydrogen-bond acceptors (Lipinski definition) is 5. The van der Waals surface area contributed by atoms with Gasteiger partial charge in [0.2, 0.25) is 15.9 Å². The number of amides is 1. The predicted octanol–water partition coefficient (Wildman–Crippen LogP) is 4.60. The van der Waals surface area contributed by atoms with Gasteiger partial charge in [-0.3, -0.25) is 9.59 Å². The molecule has 3 aromatic rings. The summed E-state index contributed by atoms with van der Waals surface area (Å²) in [6, 6.07) is 12.4. The summed E-state index contributed by atoms with van der Waals surface area (Å²) in [7, 11) is -1.94. The van der Waals surface area contributed by atoms with Crippen LogP contribution >= 0.6 is 11.6 Å². The summed E-state index contributed by atoms with van der Waals surface area (Å²) in [6.45, 7) is 3.72. The van der Waals surface area contributed by atoms with Gasteiger partial charge in [-0.25, -0.2) is 13.1 Å². The minimum absolute atomic E-state index is 0.0622. The van der Waals surface area contributed by atoms with Crippen molar-refractivity contribution in [2.24, 2.45) is 13.0 Å². The van der Waals surface area contributed by atoms with E-state index >= 15 is 0 Å². The van der Waals surface area contributed by atoms with Crippen LogP contribution in [0.3, 0.4) is 0 Å². The van der Waals surface area contributed by atoms with E-state index in [1.54, 1.807) is 18.2 Å². The first kappa shape index (κ1) is 29.6. The third-order valence-corrected chi connectivity index (χ3v) is 10.2. The van der Waals surface area contributed by atoms with Crippen molar-refractivity contribution in [3.05, 3.63) is 53.1 Å². The number of nitrogens with zero attached hydrogens (tertiary/aromatic N) is 2. The summed E-state index contributed by atoms with van der Waals surface area (Å²) >= 11 is 6.76. The number of carbonyl (C=O) groups excluding carboxylic acids is 1. The Morgan fingerprint density at radius 3 is 2.46 bits per heavy atom. The van der Waals surface area contributed by atoms with Crippen LogP contribution in [-0.2, 0) is 37.8 Å². The molecule has 0 radical (unpaired) electrons. The van der Waals surface area contributed by atoms with Crippen LogP contribution in [0.5, 0.6) is 0 Å². The number of aromatic nitrogens is 1. The molecule has 0 bridgehead atoms. The number of carboxylic acids is 1. The van der Waals surface area contributed by atoms with Gasteiger partial charge in [0.05, 0.1) is 40.4 Å². The number of benzene rings is 2. The van der Waals surface area contributed by atoms with E-state index in [1.165, 1.54) is 0 Å². The van der Waals surface area contributed by atoms with Crippen molar-refractivity contribution in [3.63, 3.8) is 0 Å². The summed E-state index contributed by atoms with van der Waals surface area (Å²) in [4.78, 5) is 26.0. The van der Waals surface area contributed by atoms with E-state index in [-0.39, 0.29) is 35.2 Å². The molecule has 2 heterocycles. The lowest BCUT2D eigenvalue weighted by atomic mass is 9.85. The average Bonchev–Trinajstić information content (AvgIpc) is 3.21. The SMILES string of the molecule is C[C@H]1COCCN1C(=O)C1CCC(NS(=O)(=O)c2ccc3c(Cl)c(-c4ccc(CCC(=O)O)cc4)n(C)c3c2)CC1. The fourth-order valence-electron chi connectivity index (χ4n) is 5.97. The maximum absolute atomic E-state index is 13.4. The third-order valence-electron chi connectivity index (χ3n) is 8.32. The standard InChI is InChI=1S/C30H36ClN3O6S/c1-19-18-40-16-15-34(19)30(37)22-8-10-23(11-9-22)32-41(38,39)24-12-13-25-26(17-24)33(2)29(28(25)31)21-6-3-20(4-7-21)5-14-27(35)36/h3-4,6-7,12-13,17,19,22-23,32H,5,8-11,14-16,18H2,1-2H3,(H,35,36)/t19-,22?,23?/m0/s1. The van der Waals surface area contributed by atoms with E-state index in [4.69, 9.17) is 21.4 Å². The second kappa shape index (κ2) is 12.1. The first-order valence-electron chi connectivity index (χ1n) is 14.0. The van der Waals surface area contributed by atoms with Crippen LogP contribution in [0.1, 0.15) is 44.6 Å². The van der Waals surface area contributed by atoms with Crippen LogP contribution in [-0.4, -0.2) is 66.7 Å². The summed E-state index contributed by atoms with van der Waals surface area (Å²) in [5.74, 6) is -0.769. The molecule has 5 rings (SSSR count). The van der Waals surface area contributed by atoms with E-state index in [1.807, 2.05) is 47.7 Å². The Morgan fingerprint density at radius 1 is 1.10 bits per heavy atom. The van der Waals surface area contributed by atoms with Gasteiger partial charge in [-0.15, -0.1) is 0 Å². The van der Waals surface area contributed by atoms with Crippen LogP contribution in [0.2, 0.25) is 5.02 Å². The van der Waals surface area contributed by atoms with Crippen molar-refractivity contribution in [3.8, 4) is 11.3 Å². The molecule has 11 heteroatoms. The molecule has 1 aromatic heterocycles. The number of ether oxygens (including phenoxy) is 1. The topological polar surface area (TPSA) is 118 Å². The Labute approximate surface area is 245 Å². The lowest BCUT2D eigenvalue weighted by Gasteiger charge is -2.37. The number of aliphatic carboxylic acids is 1. The number of carbonyl (C=O) groups is 2. The van der Waals surface area contributed by atoms with Crippen molar-refractivity contribution >= 4 is 44.4 Å². The number of fused-ring (bicyclic) bond motifs is 1. The van der Waals surface area contributed by atoms with Crippen molar-refractivity contribution in [1.29, 1.82) is 0 Å². The number of nitrogens with one attached hydrogen (secondary N) is 1. The molecule has 41 heavy (non-hydrogen) atoms. The van der Waals surface area contributed by atoms with Gasteiger partial charge in [0, 0.05) is 37.4 Å². The zero-order valence-corrected chi connectivity index (χ0v) is 24.9. The molecule has 220 valence electrons. The van der Waals surface area contributed by atoms with Crippen LogP contribution < -0.4 is 4.72 Å². The van der Waals surface area contributed by atoms with Crippen LogP contribution in [0.25, 0.3) is 22.2 Å². The monoisotopic (exact) mass is 601 g/mol. The maximum atomic E-state index is 13.4. The second-order valence-electron chi connectivity index (χ2n) is 11.1. The highest BCUT2D eigenvalue weighted by Crippen LogP contribution is 2.38. The summed E-state index contributed by atoms with van der Waals surface area (Å²) in [5.41, 5.74) is 3.22. The number of aryl methyl sites for hydroxylation is 2. The third kappa shape index (κ3) is 6.30. The van der Waals surface area contributed by atoms with Crippen molar-refractivity contribution < 1.29 is 27.9 Å². The molecule has 1 atom stereocenters. The molecule has 2 aromatic carbocycles. The van der Waals surface area contributed by atoms with Gasteiger partial charge >= 0.3 is 5.97 Å². The average molecular weight is 602 g/mol. The van der Waals surface area contributed by atoms with Gasteiger partial charge in [0.25, 0.3) is 0 Å². The molecule has 1 amide bonds. The van der Waals surface area contributed by atoms with Crippen molar-refractivity contribution in [2.45, 2.75) is 62.4 Å². The number of sulfonamides is 1. The highest BCUT2D eigenvalue weighted by molar-refractivity contribution is 7.89. The lowest BCUT2D eigenvalue weighted by molar-refractivity contribution is -0.144. The lowest BCUT2D eigenvalue weighted by Crippen LogP contribution is -2.50. The highest BCUT2D eigenvalue weighted by Gasteiger charge is 2.34. The smallest absolute Gasteiger partial charge is 0.303 e. The molecule has 0 unspecified atom stereocenters. The van der Waals surface area contributed by atoms with Gasteiger partial charge in [-0.1, -0.05) is 35.9 Å². The molecule has 2 aliphatic rings. The zero-order valence-electron chi connectivity index (χ0n) is 23.3. The van der Waals surface area contributed by atoms with E-state index in [9.17, 15) is 18.0 Å². The molecule has 0 spiro atoms. The van der Waals surface area contributed by atoms with Gasteiger partial charge < -0.3 is 19.3 Å². The van der Waals surface area contributed by atoms with Gasteiger partial charge in [0.1, 0.15) is 0 Å². The van der Waals surface area contributed by atoms with Crippen LogP contribution in [0, 0.1) is 5.92 Å². The van der Waals surface area contributed by atoms with Crippen molar-refractivity contribution in [2.75, 3.05) is 19.8 Å². The molecule has 1 aliphatic heterocycles. The van der Waals surface area contributed by atoms with Gasteiger partial charge in [-0.2, -0.15) is 0 Å². The Kier molecular flexibility index (Phi) is 8.75. The van der Waals surface area contributed by atoms with Crippen LogP contribution in [0.15, 0.2) is 47.4 Å². The van der Waals surface area contributed by atoms with Crippen LogP contribution in [0.4, 0.5) is 0 Å². The fourth-order valence-corrected chi connectivity index (χ4v) is 7.69. The Bertz CT molecular complexity index is 1540. The second-order valence-corrected chi connectivity index (χ2v) is 13.2. The molecular weight excluding hydrogens is 566 g/mol. The first-order valence-corrected chi connectivity index (χ1v) is 15.9. The summed E-state index contributed by atoms with van der Waals surface area (Å²) < 4.78 is 37.0. The van der Waals surface area contributed by atoms with E-state index in [2.05, 4.69) is 4.72 Å². The number of halogens is 1. The molecule has 1 saturated heterocycles. The first-order chi connectivity index (χ1) is 19.5. The Morgan fingerprint density at radius 2 is 1.80 bits per heavy atom. The molecule has 9 nitrogen and oxygen atoms in total. The predicted molar refractivity (Wildman–Crippen MR) is 157 cm³/mol. The number of morpholine rings is 1. The normalized spacial score (nSPS) is 21.7. The van der Waals surface area contributed by atoms with Gasteiger partial charge in [-0.05, 0) is 68.4 Å². The zero-order chi connectivity index (χ0) is 29.3. The largest absolute Gasteiger partial charge is 0.481 e. The molecule has 2 fully saturated rings. The van der Waals surface area contributed by atoms with Crippen molar-refractivity contribution in [1.82, 2.24) is 14.2 Å². The molecular formula is C30H36ClN3O6S. The molecule has 2 N–H and O–H groups in total. The maximum Gasteiger partial charge on any atom is 0.303 e. The summed E-state index contributed by atoms with van der Waals surface area (Å²) in [5, 5.41) is 10.2. The van der Waals surface area contributed by atoms with E-state index in [0.717, 1.165) is 22.2 Å². The molecule has 1 saturated carbocycles. The highest BCUT2D eigenvalue weighted by atomic mass is 35.5. The number of carboxylic acid groups (broad SMARTS) is 1. The minimum atomic E-state index is -3.79. The van der Waals surface area contributed by atoms with E-state index in [0.29, 0.717) is 62.4 Å². The quantitative estimate of drug-likeness (QED) is 0.390. The fraction of sp³-hybridized carbons (Fsp3) is 0.467. The Balaban J connectivity index is 1.28.